The fourth-order valence-electron chi connectivity index (χ4n) is 3.97. The van der Waals surface area contributed by atoms with Gasteiger partial charge in [-0.15, -0.1) is 0 Å². The standard InChI is InChI=1S/C14H23NO3S/c16-13(8-12-4-7-19(17,18)9-12)15-10-14(11-15)5-2-1-3-6-14/h12H,1-11H2. The molecule has 108 valence electrons. The summed E-state index contributed by atoms with van der Waals surface area (Å²) in [4.78, 5) is 14.1. The first-order valence-corrected chi connectivity index (χ1v) is 9.28. The Morgan fingerprint density at radius 2 is 1.84 bits per heavy atom. The molecule has 1 aliphatic carbocycles. The second-order valence-electron chi connectivity index (χ2n) is 6.78. The molecule has 5 heteroatoms. The Morgan fingerprint density at radius 3 is 2.42 bits per heavy atom. The maximum atomic E-state index is 12.1. The number of hydrogen-bond acceptors (Lipinski definition) is 3. The SMILES string of the molecule is O=C(CC1CCS(=O)(=O)C1)N1CC2(CCCCC2)C1. The van der Waals surface area contributed by atoms with E-state index >= 15 is 0 Å². The Bertz CT molecular complexity index is 457. The minimum atomic E-state index is -2.85. The summed E-state index contributed by atoms with van der Waals surface area (Å²) in [5, 5.41) is 0. The molecule has 1 atom stereocenters. The van der Waals surface area contributed by atoms with Crippen molar-refractivity contribution in [3.05, 3.63) is 0 Å². The van der Waals surface area contributed by atoms with Gasteiger partial charge in [0, 0.05) is 24.9 Å². The normalized spacial score (nSPS) is 32.2. The Morgan fingerprint density at radius 1 is 1.16 bits per heavy atom. The number of sulfone groups is 1. The molecule has 1 saturated carbocycles. The summed E-state index contributed by atoms with van der Waals surface area (Å²) < 4.78 is 22.8. The van der Waals surface area contributed by atoms with E-state index in [4.69, 9.17) is 0 Å². The van der Waals surface area contributed by atoms with Gasteiger partial charge in [0.25, 0.3) is 0 Å². The van der Waals surface area contributed by atoms with Crippen LogP contribution in [-0.4, -0.2) is 43.8 Å². The molecule has 0 N–H and O–H groups in total. The lowest BCUT2D eigenvalue weighted by atomic mass is 9.68. The lowest BCUT2D eigenvalue weighted by molar-refractivity contribution is -0.146. The molecule has 2 heterocycles. The number of carbonyl (C=O) groups is 1. The summed E-state index contributed by atoms with van der Waals surface area (Å²) in [6, 6.07) is 0. The zero-order chi connectivity index (χ0) is 13.5. The lowest BCUT2D eigenvalue weighted by Gasteiger charge is -2.52. The van der Waals surface area contributed by atoms with Gasteiger partial charge in [0.2, 0.25) is 5.91 Å². The molecule has 1 spiro atoms. The number of hydrogen-bond donors (Lipinski definition) is 0. The van der Waals surface area contributed by atoms with Gasteiger partial charge in [-0.1, -0.05) is 19.3 Å². The van der Waals surface area contributed by atoms with E-state index in [1.807, 2.05) is 4.90 Å². The molecule has 0 radical (unpaired) electrons. The second-order valence-corrected chi connectivity index (χ2v) is 9.01. The van der Waals surface area contributed by atoms with Gasteiger partial charge >= 0.3 is 0 Å². The van der Waals surface area contributed by atoms with Crippen molar-refractivity contribution < 1.29 is 13.2 Å². The van der Waals surface area contributed by atoms with Crippen molar-refractivity contribution in [3.8, 4) is 0 Å². The first kappa shape index (κ1) is 13.4. The van der Waals surface area contributed by atoms with E-state index in [-0.39, 0.29) is 23.3 Å². The molecule has 2 aliphatic heterocycles. The van der Waals surface area contributed by atoms with Gasteiger partial charge in [-0.25, -0.2) is 8.42 Å². The molecule has 19 heavy (non-hydrogen) atoms. The fourth-order valence-corrected chi connectivity index (χ4v) is 5.83. The number of amides is 1. The Labute approximate surface area is 115 Å². The number of rotatable bonds is 2. The van der Waals surface area contributed by atoms with Crippen LogP contribution in [0.4, 0.5) is 0 Å². The smallest absolute Gasteiger partial charge is 0.222 e. The van der Waals surface area contributed by atoms with E-state index in [9.17, 15) is 13.2 Å². The van der Waals surface area contributed by atoms with Crippen LogP contribution in [0.3, 0.4) is 0 Å². The Balaban J connectivity index is 1.48. The van der Waals surface area contributed by atoms with Crippen LogP contribution in [0.15, 0.2) is 0 Å². The van der Waals surface area contributed by atoms with Crippen LogP contribution in [0.25, 0.3) is 0 Å². The minimum Gasteiger partial charge on any atom is -0.341 e. The summed E-state index contributed by atoms with van der Waals surface area (Å²) in [6.45, 7) is 1.84. The topological polar surface area (TPSA) is 54.5 Å². The van der Waals surface area contributed by atoms with Gasteiger partial charge in [-0.3, -0.25) is 4.79 Å². The van der Waals surface area contributed by atoms with E-state index in [2.05, 4.69) is 0 Å². The largest absolute Gasteiger partial charge is 0.341 e. The average Bonchev–Trinajstić information content (AvgIpc) is 2.66. The summed E-state index contributed by atoms with van der Waals surface area (Å²) >= 11 is 0. The predicted octanol–water partition coefficient (Wildman–Crippen LogP) is 1.60. The molecule has 0 aromatic rings. The highest BCUT2D eigenvalue weighted by Crippen LogP contribution is 2.44. The van der Waals surface area contributed by atoms with Crippen molar-refractivity contribution in [3.63, 3.8) is 0 Å². The number of nitrogens with zero attached hydrogens (tertiary/aromatic N) is 1. The average molecular weight is 285 g/mol. The summed E-state index contributed by atoms with van der Waals surface area (Å²) in [5.41, 5.74) is 0.426. The summed E-state index contributed by atoms with van der Waals surface area (Å²) in [7, 11) is -2.85. The first-order valence-electron chi connectivity index (χ1n) is 7.46. The Kier molecular flexibility index (Phi) is 3.36. The highest BCUT2D eigenvalue weighted by molar-refractivity contribution is 7.91. The third-order valence-electron chi connectivity index (χ3n) is 5.11. The van der Waals surface area contributed by atoms with Crippen molar-refractivity contribution in [1.82, 2.24) is 4.90 Å². The number of carbonyl (C=O) groups excluding carboxylic acids is 1. The molecule has 1 unspecified atom stereocenters. The molecule has 3 rings (SSSR count). The summed E-state index contributed by atoms with van der Waals surface area (Å²) in [6.07, 6.45) is 7.62. The van der Waals surface area contributed by atoms with Gasteiger partial charge in [0.1, 0.15) is 0 Å². The predicted molar refractivity (Wildman–Crippen MR) is 73.5 cm³/mol. The van der Waals surface area contributed by atoms with Crippen LogP contribution < -0.4 is 0 Å². The van der Waals surface area contributed by atoms with Crippen LogP contribution >= 0.6 is 0 Å². The molecule has 1 amide bonds. The number of likely N-dealkylation sites (tertiary alicyclic amines) is 1. The highest BCUT2D eigenvalue weighted by Gasteiger charge is 2.45. The molecule has 0 bridgehead atoms. The Hall–Kier alpha value is -0.580. The third-order valence-corrected chi connectivity index (χ3v) is 6.95. The maximum Gasteiger partial charge on any atom is 0.222 e. The minimum absolute atomic E-state index is 0.0698. The molecule has 0 aromatic carbocycles. The highest BCUT2D eigenvalue weighted by atomic mass is 32.2. The van der Waals surface area contributed by atoms with E-state index in [0.29, 0.717) is 18.3 Å². The molecule has 2 saturated heterocycles. The quantitative estimate of drug-likeness (QED) is 0.774. The monoisotopic (exact) mass is 285 g/mol. The zero-order valence-corrected chi connectivity index (χ0v) is 12.3. The van der Waals surface area contributed by atoms with Crippen LogP contribution in [0, 0.1) is 11.3 Å². The van der Waals surface area contributed by atoms with Crippen LogP contribution in [0.1, 0.15) is 44.9 Å². The van der Waals surface area contributed by atoms with E-state index in [0.717, 1.165) is 13.1 Å². The molecule has 3 fully saturated rings. The molecule has 0 aromatic heterocycles. The molecular formula is C14H23NO3S. The molecular weight excluding hydrogens is 262 g/mol. The summed E-state index contributed by atoms with van der Waals surface area (Å²) in [5.74, 6) is 0.741. The van der Waals surface area contributed by atoms with Crippen molar-refractivity contribution in [2.24, 2.45) is 11.3 Å². The van der Waals surface area contributed by atoms with E-state index < -0.39 is 9.84 Å². The van der Waals surface area contributed by atoms with Crippen LogP contribution in [0.5, 0.6) is 0 Å². The fraction of sp³-hybridized carbons (Fsp3) is 0.929. The molecule has 3 aliphatic rings. The van der Waals surface area contributed by atoms with Crippen LogP contribution in [-0.2, 0) is 14.6 Å². The maximum absolute atomic E-state index is 12.1. The molecule has 4 nitrogen and oxygen atoms in total. The van der Waals surface area contributed by atoms with Crippen molar-refractivity contribution in [1.29, 1.82) is 0 Å². The van der Waals surface area contributed by atoms with E-state index in [1.165, 1.54) is 32.1 Å². The zero-order valence-electron chi connectivity index (χ0n) is 11.4. The van der Waals surface area contributed by atoms with Crippen LogP contribution in [0.2, 0.25) is 0 Å². The van der Waals surface area contributed by atoms with Gasteiger partial charge in [-0.2, -0.15) is 0 Å². The van der Waals surface area contributed by atoms with Crippen molar-refractivity contribution >= 4 is 15.7 Å². The first-order chi connectivity index (χ1) is 8.98. The van der Waals surface area contributed by atoms with Crippen molar-refractivity contribution in [2.45, 2.75) is 44.9 Å². The van der Waals surface area contributed by atoms with Gasteiger partial charge in [0.15, 0.2) is 9.84 Å². The van der Waals surface area contributed by atoms with Gasteiger partial charge in [-0.05, 0) is 25.2 Å². The third kappa shape index (κ3) is 2.81. The van der Waals surface area contributed by atoms with Crippen molar-refractivity contribution in [2.75, 3.05) is 24.6 Å². The van der Waals surface area contributed by atoms with Gasteiger partial charge < -0.3 is 4.90 Å². The second kappa shape index (κ2) is 4.76. The lowest BCUT2D eigenvalue weighted by Crippen LogP contribution is -2.59. The van der Waals surface area contributed by atoms with Gasteiger partial charge in [0.05, 0.1) is 11.5 Å². The van der Waals surface area contributed by atoms with E-state index in [1.54, 1.807) is 0 Å².